The molecular weight excluding hydrogens is 273 g/mol. The third-order valence-corrected chi connectivity index (χ3v) is 3.18. The van der Waals surface area contributed by atoms with E-state index in [1.807, 2.05) is 19.1 Å². The highest BCUT2D eigenvalue weighted by Crippen LogP contribution is 2.12. The van der Waals surface area contributed by atoms with Crippen LogP contribution in [0.3, 0.4) is 0 Å². The van der Waals surface area contributed by atoms with Crippen LogP contribution in [0.25, 0.3) is 0 Å². The zero-order chi connectivity index (χ0) is 15.2. The second-order valence-corrected chi connectivity index (χ2v) is 4.85. The van der Waals surface area contributed by atoms with Crippen molar-refractivity contribution in [1.82, 2.24) is 5.32 Å². The number of furan rings is 1. The number of nitrogens with zero attached hydrogens (tertiary/aromatic N) is 1. The molecule has 21 heavy (non-hydrogen) atoms. The van der Waals surface area contributed by atoms with Crippen molar-refractivity contribution >= 4 is 5.84 Å². The number of halogens is 1. The SMILES string of the molecule is CC(Cc1ccco1)NCc1ccc(F)cc1C(N)=NO. The molecule has 0 amide bonds. The minimum absolute atomic E-state index is 0.106. The van der Waals surface area contributed by atoms with Gasteiger partial charge in [0, 0.05) is 24.6 Å². The van der Waals surface area contributed by atoms with Crippen molar-refractivity contribution in [3.05, 3.63) is 59.3 Å². The average molecular weight is 291 g/mol. The molecule has 0 saturated carbocycles. The van der Waals surface area contributed by atoms with Gasteiger partial charge in [0.15, 0.2) is 5.84 Å². The van der Waals surface area contributed by atoms with Crippen LogP contribution in [0.4, 0.5) is 4.39 Å². The van der Waals surface area contributed by atoms with Gasteiger partial charge in [0.1, 0.15) is 11.6 Å². The van der Waals surface area contributed by atoms with Gasteiger partial charge in [0.05, 0.1) is 6.26 Å². The predicted molar refractivity (Wildman–Crippen MR) is 77.6 cm³/mol. The van der Waals surface area contributed by atoms with Crippen molar-refractivity contribution in [3.63, 3.8) is 0 Å². The second kappa shape index (κ2) is 6.90. The van der Waals surface area contributed by atoms with E-state index >= 15 is 0 Å². The Morgan fingerprint density at radius 2 is 2.29 bits per heavy atom. The van der Waals surface area contributed by atoms with Crippen molar-refractivity contribution in [2.24, 2.45) is 10.9 Å². The smallest absolute Gasteiger partial charge is 0.170 e. The van der Waals surface area contributed by atoms with Gasteiger partial charge in [-0.3, -0.25) is 0 Å². The number of amidine groups is 1. The van der Waals surface area contributed by atoms with Gasteiger partial charge in [-0.1, -0.05) is 11.2 Å². The zero-order valence-corrected chi connectivity index (χ0v) is 11.7. The molecule has 6 heteroatoms. The van der Waals surface area contributed by atoms with Gasteiger partial charge < -0.3 is 20.7 Å². The number of rotatable bonds is 6. The van der Waals surface area contributed by atoms with Crippen molar-refractivity contribution in [2.45, 2.75) is 25.9 Å². The van der Waals surface area contributed by atoms with Gasteiger partial charge in [0.25, 0.3) is 0 Å². The Balaban J connectivity index is 2.02. The van der Waals surface area contributed by atoms with E-state index in [1.54, 1.807) is 12.3 Å². The average Bonchev–Trinajstić information content (AvgIpc) is 2.98. The summed E-state index contributed by atoms with van der Waals surface area (Å²) in [6.45, 7) is 2.50. The van der Waals surface area contributed by atoms with Crippen LogP contribution < -0.4 is 11.1 Å². The van der Waals surface area contributed by atoms with E-state index in [1.165, 1.54) is 12.1 Å². The molecule has 0 aliphatic rings. The van der Waals surface area contributed by atoms with Crippen LogP contribution in [-0.2, 0) is 13.0 Å². The first-order chi connectivity index (χ1) is 10.1. The molecule has 1 aromatic carbocycles. The summed E-state index contributed by atoms with van der Waals surface area (Å²) in [6, 6.07) is 8.15. The van der Waals surface area contributed by atoms with E-state index in [4.69, 9.17) is 15.4 Å². The van der Waals surface area contributed by atoms with Gasteiger partial charge in [-0.2, -0.15) is 0 Å². The lowest BCUT2D eigenvalue weighted by Gasteiger charge is -2.14. The first kappa shape index (κ1) is 15.1. The number of oxime groups is 1. The van der Waals surface area contributed by atoms with Crippen LogP contribution >= 0.6 is 0 Å². The van der Waals surface area contributed by atoms with E-state index in [0.717, 1.165) is 17.7 Å². The van der Waals surface area contributed by atoms with Crippen LogP contribution in [0.1, 0.15) is 23.8 Å². The van der Waals surface area contributed by atoms with Crippen molar-refractivity contribution in [2.75, 3.05) is 0 Å². The molecule has 2 rings (SSSR count). The third-order valence-electron chi connectivity index (χ3n) is 3.18. The summed E-state index contributed by atoms with van der Waals surface area (Å²) in [5, 5.41) is 15.0. The van der Waals surface area contributed by atoms with Gasteiger partial charge in [0.2, 0.25) is 0 Å². The molecule has 1 atom stereocenters. The summed E-state index contributed by atoms with van der Waals surface area (Å²) in [6.07, 6.45) is 2.38. The molecule has 112 valence electrons. The summed E-state index contributed by atoms with van der Waals surface area (Å²) in [5.41, 5.74) is 6.72. The molecule has 0 fully saturated rings. The number of hydrogen-bond acceptors (Lipinski definition) is 4. The fourth-order valence-corrected chi connectivity index (χ4v) is 2.08. The van der Waals surface area contributed by atoms with Crippen LogP contribution in [-0.4, -0.2) is 17.1 Å². The van der Waals surface area contributed by atoms with Gasteiger partial charge in [-0.05, 0) is 36.8 Å². The Morgan fingerprint density at radius 1 is 1.48 bits per heavy atom. The fourth-order valence-electron chi connectivity index (χ4n) is 2.08. The zero-order valence-electron chi connectivity index (χ0n) is 11.7. The van der Waals surface area contributed by atoms with Crippen molar-refractivity contribution < 1.29 is 14.0 Å². The van der Waals surface area contributed by atoms with Crippen LogP contribution in [0, 0.1) is 5.82 Å². The Morgan fingerprint density at radius 3 is 2.95 bits per heavy atom. The summed E-state index contributed by atoms with van der Waals surface area (Å²) in [7, 11) is 0. The summed E-state index contributed by atoms with van der Waals surface area (Å²) in [4.78, 5) is 0. The third kappa shape index (κ3) is 4.06. The van der Waals surface area contributed by atoms with Gasteiger partial charge in [-0.15, -0.1) is 0 Å². The number of benzene rings is 1. The van der Waals surface area contributed by atoms with E-state index in [-0.39, 0.29) is 11.9 Å². The number of nitrogens with two attached hydrogens (primary N) is 1. The highest BCUT2D eigenvalue weighted by molar-refractivity contribution is 5.98. The molecule has 5 nitrogen and oxygen atoms in total. The largest absolute Gasteiger partial charge is 0.469 e. The van der Waals surface area contributed by atoms with E-state index in [2.05, 4.69) is 10.5 Å². The minimum atomic E-state index is -0.427. The Hall–Kier alpha value is -2.34. The standard InChI is InChI=1S/C15H18FN3O2/c1-10(7-13-3-2-6-21-13)18-9-11-4-5-12(16)8-14(11)15(17)19-20/h2-6,8,10,18,20H,7,9H2,1H3,(H2,17,19). The topological polar surface area (TPSA) is 83.8 Å². The van der Waals surface area contributed by atoms with Crippen molar-refractivity contribution in [3.8, 4) is 0 Å². The summed E-state index contributed by atoms with van der Waals surface area (Å²) < 4.78 is 18.6. The molecule has 0 radical (unpaired) electrons. The second-order valence-electron chi connectivity index (χ2n) is 4.85. The molecule has 0 saturated heterocycles. The van der Waals surface area contributed by atoms with Crippen LogP contribution in [0.15, 0.2) is 46.2 Å². The molecule has 1 heterocycles. The molecule has 2 aromatic rings. The highest BCUT2D eigenvalue weighted by Gasteiger charge is 2.11. The molecule has 4 N–H and O–H groups in total. The van der Waals surface area contributed by atoms with Crippen LogP contribution in [0.5, 0.6) is 0 Å². The molecule has 0 aliphatic heterocycles. The molecule has 0 spiro atoms. The summed E-state index contributed by atoms with van der Waals surface area (Å²) >= 11 is 0. The minimum Gasteiger partial charge on any atom is -0.469 e. The summed E-state index contributed by atoms with van der Waals surface area (Å²) in [5.74, 6) is 0.361. The quantitative estimate of drug-likeness (QED) is 0.330. The molecule has 1 unspecified atom stereocenters. The van der Waals surface area contributed by atoms with Crippen molar-refractivity contribution in [1.29, 1.82) is 0 Å². The van der Waals surface area contributed by atoms with E-state index < -0.39 is 5.82 Å². The lowest BCUT2D eigenvalue weighted by atomic mass is 10.1. The number of hydrogen-bond donors (Lipinski definition) is 3. The molecule has 0 bridgehead atoms. The monoisotopic (exact) mass is 291 g/mol. The first-order valence-electron chi connectivity index (χ1n) is 6.62. The molecule has 1 aromatic heterocycles. The lowest BCUT2D eigenvalue weighted by Crippen LogP contribution is -2.29. The van der Waals surface area contributed by atoms with Gasteiger partial charge in [-0.25, -0.2) is 4.39 Å². The van der Waals surface area contributed by atoms with Gasteiger partial charge >= 0.3 is 0 Å². The number of nitrogens with one attached hydrogen (secondary N) is 1. The fraction of sp³-hybridized carbons (Fsp3) is 0.267. The normalized spacial score (nSPS) is 13.3. The van der Waals surface area contributed by atoms with E-state index in [0.29, 0.717) is 12.1 Å². The maximum Gasteiger partial charge on any atom is 0.170 e. The highest BCUT2D eigenvalue weighted by atomic mass is 19.1. The Labute approximate surface area is 122 Å². The Kier molecular flexibility index (Phi) is 4.94. The maximum atomic E-state index is 13.3. The Bertz CT molecular complexity index is 611. The lowest BCUT2D eigenvalue weighted by molar-refractivity contribution is 0.318. The first-order valence-corrected chi connectivity index (χ1v) is 6.62. The molecular formula is C15H18FN3O2. The van der Waals surface area contributed by atoms with E-state index in [9.17, 15) is 4.39 Å². The maximum absolute atomic E-state index is 13.3. The predicted octanol–water partition coefficient (Wildman–Crippen LogP) is 2.23. The van der Waals surface area contributed by atoms with Crippen LogP contribution in [0.2, 0.25) is 0 Å². The molecule has 0 aliphatic carbocycles.